The molecular formula is C25H31N3O2. The molecule has 1 aliphatic rings. The van der Waals surface area contributed by atoms with E-state index < -0.39 is 0 Å². The van der Waals surface area contributed by atoms with Crippen LogP contribution in [0.1, 0.15) is 11.1 Å². The summed E-state index contributed by atoms with van der Waals surface area (Å²) in [4.78, 5) is 9.86. The van der Waals surface area contributed by atoms with E-state index in [-0.39, 0.29) is 6.61 Å². The summed E-state index contributed by atoms with van der Waals surface area (Å²) in [6.07, 6.45) is 1.07. The Balaban J connectivity index is 1.51. The zero-order chi connectivity index (χ0) is 20.9. The lowest BCUT2D eigenvalue weighted by atomic mass is 10.0. The molecule has 0 amide bonds. The highest BCUT2D eigenvalue weighted by Gasteiger charge is 2.13. The molecule has 0 unspecified atom stereocenters. The second kappa shape index (κ2) is 9.56. The topological polar surface area (TPSA) is 48.8 Å². The minimum atomic E-state index is 0.00863. The molecule has 5 nitrogen and oxygen atoms in total. The van der Waals surface area contributed by atoms with Crippen LogP contribution >= 0.6 is 0 Å². The molecule has 3 aromatic rings. The Morgan fingerprint density at radius 3 is 2.67 bits per heavy atom. The number of hydrogen-bond acceptors (Lipinski definition) is 5. The molecule has 2 heterocycles. The van der Waals surface area contributed by atoms with Crippen molar-refractivity contribution in [1.29, 1.82) is 0 Å². The molecule has 1 fully saturated rings. The van der Waals surface area contributed by atoms with Crippen molar-refractivity contribution < 1.29 is 9.84 Å². The third kappa shape index (κ3) is 4.98. The van der Waals surface area contributed by atoms with E-state index >= 15 is 0 Å². The summed E-state index contributed by atoms with van der Waals surface area (Å²) in [5, 5.41) is 10.2. The van der Waals surface area contributed by atoms with E-state index in [1.807, 2.05) is 24.3 Å². The minimum absolute atomic E-state index is 0.00863. The standard InChI is InChI=1S/C25H31N3O2/c1-19-16-25(21-4-3-5-22(18-21)30-15-14-29)26-24-7-6-20(17-23(19)24)8-9-28-12-10-27(2)11-13-28/h3-7,16-18,29H,8-15H2,1-2H3. The Kier molecular flexibility index (Phi) is 6.62. The Hall–Kier alpha value is -2.47. The van der Waals surface area contributed by atoms with Crippen LogP contribution in [0.3, 0.4) is 0 Å². The van der Waals surface area contributed by atoms with Gasteiger partial charge < -0.3 is 19.6 Å². The number of ether oxygens (including phenoxy) is 1. The number of pyridine rings is 1. The van der Waals surface area contributed by atoms with E-state index in [9.17, 15) is 0 Å². The zero-order valence-corrected chi connectivity index (χ0v) is 18.0. The zero-order valence-electron chi connectivity index (χ0n) is 18.0. The van der Waals surface area contributed by atoms with Gasteiger partial charge in [-0.3, -0.25) is 0 Å². The monoisotopic (exact) mass is 405 g/mol. The molecule has 1 aromatic heterocycles. The molecular weight excluding hydrogens is 374 g/mol. The number of rotatable bonds is 7. The predicted molar refractivity (Wildman–Crippen MR) is 122 cm³/mol. The van der Waals surface area contributed by atoms with Crippen LogP contribution in [-0.2, 0) is 6.42 Å². The molecule has 1 aliphatic heterocycles. The van der Waals surface area contributed by atoms with E-state index in [4.69, 9.17) is 14.8 Å². The van der Waals surface area contributed by atoms with Gasteiger partial charge in [0.1, 0.15) is 12.4 Å². The smallest absolute Gasteiger partial charge is 0.120 e. The lowest BCUT2D eigenvalue weighted by Crippen LogP contribution is -2.45. The van der Waals surface area contributed by atoms with Gasteiger partial charge in [-0.2, -0.15) is 0 Å². The van der Waals surface area contributed by atoms with Gasteiger partial charge in [-0.15, -0.1) is 0 Å². The first-order valence-electron chi connectivity index (χ1n) is 10.8. The molecule has 30 heavy (non-hydrogen) atoms. The molecule has 0 saturated carbocycles. The van der Waals surface area contributed by atoms with Crippen molar-refractivity contribution >= 4 is 10.9 Å². The number of hydrogen-bond donors (Lipinski definition) is 1. The van der Waals surface area contributed by atoms with Gasteiger partial charge in [-0.25, -0.2) is 4.98 Å². The summed E-state index contributed by atoms with van der Waals surface area (Å²) in [7, 11) is 2.20. The highest BCUT2D eigenvalue weighted by atomic mass is 16.5. The van der Waals surface area contributed by atoms with E-state index in [2.05, 4.69) is 48.0 Å². The SMILES string of the molecule is Cc1cc(-c2cccc(OCCO)c2)nc2ccc(CCN3CCN(C)CC3)cc12. The van der Waals surface area contributed by atoms with Gasteiger partial charge in [0.05, 0.1) is 17.8 Å². The maximum Gasteiger partial charge on any atom is 0.120 e. The molecule has 0 aliphatic carbocycles. The number of piperazine rings is 1. The van der Waals surface area contributed by atoms with Crippen molar-refractivity contribution in [3.8, 4) is 17.0 Å². The quantitative estimate of drug-likeness (QED) is 0.653. The first-order chi connectivity index (χ1) is 14.6. The third-order valence-electron chi connectivity index (χ3n) is 5.88. The maximum atomic E-state index is 8.97. The summed E-state index contributed by atoms with van der Waals surface area (Å²) in [6.45, 7) is 8.23. The molecule has 5 heteroatoms. The second-order valence-electron chi connectivity index (χ2n) is 8.17. The van der Waals surface area contributed by atoms with E-state index in [1.54, 1.807) is 0 Å². The van der Waals surface area contributed by atoms with Gasteiger partial charge in [-0.1, -0.05) is 18.2 Å². The molecule has 0 spiro atoms. The Morgan fingerprint density at radius 2 is 1.87 bits per heavy atom. The third-order valence-corrected chi connectivity index (χ3v) is 5.88. The average molecular weight is 406 g/mol. The van der Waals surface area contributed by atoms with Crippen molar-refractivity contribution in [2.24, 2.45) is 0 Å². The van der Waals surface area contributed by atoms with Gasteiger partial charge in [-0.05, 0) is 61.9 Å². The van der Waals surface area contributed by atoms with Crippen molar-refractivity contribution in [2.75, 3.05) is 53.0 Å². The number of aryl methyl sites for hydroxylation is 1. The summed E-state index contributed by atoms with van der Waals surface area (Å²) in [6, 6.07) is 16.7. The Morgan fingerprint density at radius 1 is 1.03 bits per heavy atom. The largest absolute Gasteiger partial charge is 0.491 e. The molecule has 0 radical (unpaired) electrons. The molecule has 1 saturated heterocycles. The van der Waals surface area contributed by atoms with Crippen LogP contribution < -0.4 is 4.74 Å². The maximum absolute atomic E-state index is 8.97. The minimum Gasteiger partial charge on any atom is -0.491 e. The van der Waals surface area contributed by atoms with E-state index in [1.165, 1.54) is 16.5 Å². The highest BCUT2D eigenvalue weighted by molar-refractivity contribution is 5.85. The van der Waals surface area contributed by atoms with Crippen LogP contribution in [0.5, 0.6) is 5.75 Å². The predicted octanol–water partition coefficient (Wildman–Crippen LogP) is 3.37. The van der Waals surface area contributed by atoms with Gasteiger partial charge in [0.2, 0.25) is 0 Å². The summed E-state index contributed by atoms with van der Waals surface area (Å²) in [5.41, 5.74) is 5.60. The summed E-state index contributed by atoms with van der Waals surface area (Å²) < 4.78 is 5.55. The lowest BCUT2D eigenvalue weighted by molar-refractivity contribution is 0.155. The van der Waals surface area contributed by atoms with Crippen LogP contribution in [0.25, 0.3) is 22.2 Å². The number of nitrogens with zero attached hydrogens (tertiary/aromatic N) is 3. The van der Waals surface area contributed by atoms with E-state index in [0.29, 0.717) is 6.61 Å². The fraction of sp³-hybridized carbons (Fsp3) is 0.400. The van der Waals surface area contributed by atoms with Gasteiger partial charge in [0, 0.05) is 43.7 Å². The van der Waals surface area contributed by atoms with Crippen LogP contribution in [-0.4, -0.2) is 72.9 Å². The van der Waals surface area contributed by atoms with Gasteiger partial charge >= 0.3 is 0 Å². The Bertz CT molecular complexity index is 997. The van der Waals surface area contributed by atoms with Crippen LogP contribution in [0.2, 0.25) is 0 Å². The summed E-state index contributed by atoms with van der Waals surface area (Å²) in [5.74, 6) is 0.750. The van der Waals surface area contributed by atoms with Crippen molar-refractivity contribution in [2.45, 2.75) is 13.3 Å². The van der Waals surface area contributed by atoms with Crippen molar-refractivity contribution in [3.63, 3.8) is 0 Å². The highest BCUT2D eigenvalue weighted by Crippen LogP contribution is 2.27. The van der Waals surface area contributed by atoms with Crippen LogP contribution in [0.15, 0.2) is 48.5 Å². The van der Waals surface area contributed by atoms with Crippen molar-refractivity contribution in [3.05, 3.63) is 59.7 Å². The van der Waals surface area contributed by atoms with Gasteiger partial charge in [0.25, 0.3) is 0 Å². The van der Waals surface area contributed by atoms with Gasteiger partial charge in [0.15, 0.2) is 0 Å². The number of likely N-dealkylation sites (N-methyl/N-ethyl adjacent to an activating group) is 1. The molecule has 1 N–H and O–H groups in total. The first-order valence-corrected chi connectivity index (χ1v) is 10.8. The summed E-state index contributed by atoms with van der Waals surface area (Å²) >= 11 is 0. The van der Waals surface area contributed by atoms with E-state index in [0.717, 1.165) is 61.7 Å². The van der Waals surface area contributed by atoms with Crippen LogP contribution in [0.4, 0.5) is 0 Å². The fourth-order valence-electron chi connectivity index (χ4n) is 4.01. The molecule has 2 aromatic carbocycles. The number of benzene rings is 2. The fourth-order valence-corrected chi connectivity index (χ4v) is 4.01. The normalized spacial score (nSPS) is 15.6. The molecule has 158 valence electrons. The number of fused-ring (bicyclic) bond motifs is 1. The molecule has 0 bridgehead atoms. The second-order valence-corrected chi connectivity index (χ2v) is 8.17. The van der Waals surface area contributed by atoms with Crippen molar-refractivity contribution in [1.82, 2.24) is 14.8 Å². The number of aliphatic hydroxyl groups excluding tert-OH is 1. The van der Waals surface area contributed by atoms with Crippen LogP contribution in [0, 0.1) is 6.92 Å². The first kappa shape index (κ1) is 20.8. The Labute approximate surface area is 178 Å². The number of aromatic nitrogens is 1. The molecule has 0 atom stereocenters. The average Bonchev–Trinajstić information content (AvgIpc) is 2.77. The number of aliphatic hydroxyl groups is 1. The molecule has 4 rings (SSSR count). The lowest BCUT2D eigenvalue weighted by Gasteiger charge is -2.32.